The molecule has 3 heterocycles. The number of piperidine rings is 1. The number of aromatic nitrogens is 2. The van der Waals surface area contributed by atoms with Gasteiger partial charge in [-0.15, -0.1) is 0 Å². The van der Waals surface area contributed by atoms with E-state index in [0.717, 1.165) is 36.6 Å². The number of rotatable bonds is 8. The van der Waals surface area contributed by atoms with Gasteiger partial charge in [0.15, 0.2) is 0 Å². The molecule has 0 unspecified atom stereocenters. The monoisotopic (exact) mass is 568 g/mol. The van der Waals surface area contributed by atoms with Crippen molar-refractivity contribution >= 4 is 40.5 Å². The largest absolute Gasteiger partial charge is 0.377 e. The predicted octanol–water partition coefficient (Wildman–Crippen LogP) is 4.33. The van der Waals surface area contributed by atoms with E-state index in [2.05, 4.69) is 20.2 Å². The van der Waals surface area contributed by atoms with E-state index in [1.54, 1.807) is 18.3 Å². The number of halogens is 2. The van der Waals surface area contributed by atoms with Gasteiger partial charge >= 0.3 is 0 Å². The van der Waals surface area contributed by atoms with Gasteiger partial charge in [-0.05, 0) is 55.8 Å². The molecule has 2 aliphatic heterocycles. The minimum absolute atomic E-state index is 0.0468. The molecule has 2 saturated heterocycles. The first-order valence-corrected chi connectivity index (χ1v) is 14.4. The molecule has 0 spiro atoms. The van der Waals surface area contributed by atoms with Crippen molar-refractivity contribution in [2.45, 2.75) is 25.7 Å². The molecule has 2 fully saturated rings. The van der Waals surface area contributed by atoms with Gasteiger partial charge in [-0.25, -0.2) is 0 Å². The molecule has 3 aromatic rings. The molecule has 10 heteroatoms. The van der Waals surface area contributed by atoms with Gasteiger partial charge in [-0.3, -0.25) is 9.59 Å². The van der Waals surface area contributed by atoms with Gasteiger partial charge in [0.25, 0.3) is 5.56 Å². The zero-order valence-corrected chi connectivity index (χ0v) is 23.5. The number of piperazine rings is 1. The van der Waals surface area contributed by atoms with Crippen LogP contribution in [0.2, 0.25) is 10.0 Å². The lowest BCUT2D eigenvalue weighted by molar-refractivity contribution is -0.130. The predicted molar refractivity (Wildman–Crippen MR) is 158 cm³/mol. The molecule has 5 rings (SSSR count). The highest BCUT2D eigenvalue weighted by molar-refractivity contribution is 6.42. The Morgan fingerprint density at radius 1 is 0.897 bits per heavy atom. The number of para-hydroxylation sites is 1. The molecule has 0 saturated carbocycles. The summed E-state index contributed by atoms with van der Waals surface area (Å²) in [4.78, 5) is 33.1. The highest BCUT2D eigenvalue weighted by Crippen LogP contribution is 2.25. The highest BCUT2D eigenvalue weighted by Gasteiger charge is 2.25. The fraction of sp³-hybridized carbons (Fsp3) is 0.414. The minimum atomic E-state index is -0.171. The SMILES string of the molecule is O=C(Cc1ccc(Cl)c(Cl)c1)N1CCN(c2cnn(-c3ccccc3)c(=O)c2NCCN2CCCCC2)CC1. The first-order valence-electron chi connectivity index (χ1n) is 13.6. The Hall–Kier alpha value is -3.07. The topological polar surface area (TPSA) is 73.7 Å². The molecule has 0 atom stereocenters. The van der Waals surface area contributed by atoms with E-state index in [1.807, 2.05) is 41.3 Å². The third-order valence-electron chi connectivity index (χ3n) is 7.45. The number of anilines is 2. The van der Waals surface area contributed by atoms with Crippen molar-refractivity contribution in [3.05, 3.63) is 80.7 Å². The van der Waals surface area contributed by atoms with Gasteiger partial charge in [0.2, 0.25) is 5.91 Å². The number of nitrogens with one attached hydrogen (secondary N) is 1. The summed E-state index contributed by atoms with van der Waals surface area (Å²) in [6.45, 7) is 6.15. The molecule has 0 bridgehead atoms. The molecule has 1 aromatic heterocycles. The quantitative estimate of drug-likeness (QED) is 0.436. The van der Waals surface area contributed by atoms with Crippen LogP contribution in [0.4, 0.5) is 11.4 Å². The zero-order chi connectivity index (χ0) is 27.2. The summed E-state index contributed by atoms with van der Waals surface area (Å²) in [5.74, 6) is 0.0468. The number of likely N-dealkylation sites (tertiary alicyclic amines) is 1. The number of nitrogens with zero attached hydrogens (tertiary/aromatic N) is 5. The molecule has 0 radical (unpaired) electrons. The van der Waals surface area contributed by atoms with Gasteiger partial charge in [0.05, 0.1) is 34.0 Å². The molecule has 1 N–H and O–H groups in total. The summed E-state index contributed by atoms with van der Waals surface area (Å²) in [5, 5.41) is 8.89. The molecule has 2 aliphatic rings. The highest BCUT2D eigenvalue weighted by atomic mass is 35.5. The zero-order valence-electron chi connectivity index (χ0n) is 22.0. The number of hydrogen-bond donors (Lipinski definition) is 1. The lowest BCUT2D eigenvalue weighted by Gasteiger charge is -2.37. The van der Waals surface area contributed by atoms with Crippen molar-refractivity contribution in [3.63, 3.8) is 0 Å². The van der Waals surface area contributed by atoms with Gasteiger partial charge in [0.1, 0.15) is 5.69 Å². The van der Waals surface area contributed by atoms with Crippen molar-refractivity contribution in [2.75, 3.05) is 62.6 Å². The van der Waals surface area contributed by atoms with E-state index in [-0.39, 0.29) is 17.9 Å². The summed E-state index contributed by atoms with van der Waals surface area (Å²) in [6, 6.07) is 14.8. The number of carbonyl (C=O) groups is 1. The molecule has 0 aliphatic carbocycles. The van der Waals surface area contributed by atoms with Crippen LogP contribution in [0.25, 0.3) is 5.69 Å². The Morgan fingerprint density at radius 2 is 1.64 bits per heavy atom. The van der Waals surface area contributed by atoms with E-state index in [0.29, 0.717) is 48.5 Å². The third-order valence-corrected chi connectivity index (χ3v) is 8.19. The van der Waals surface area contributed by atoms with Crippen LogP contribution in [0.1, 0.15) is 24.8 Å². The molecule has 2 aromatic carbocycles. The molecular formula is C29H34Cl2N6O2. The van der Waals surface area contributed by atoms with Crippen LogP contribution in [0.5, 0.6) is 0 Å². The van der Waals surface area contributed by atoms with Gasteiger partial charge < -0.3 is 20.0 Å². The Bertz CT molecular complexity index is 1340. The maximum atomic E-state index is 13.7. The normalized spacial score (nSPS) is 16.4. The Balaban J connectivity index is 1.29. The van der Waals surface area contributed by atoms with Crippen LogP contribution < -0.4 is 15.8 Å². The molecular weight excluding hydrogens is 535 g/mol. The Kier molecular flexibility index (Phi) is 9.06. The Labute approximate surface area is 239 Å². The maximum Gasteiger partial charge on any atom is 0.296 e. The average molecular weight is 570 g/mol. The molecule has 206 valence electrons. The second-order valence-corrected chi connectivity index (χ2v) is 10.9. The number of carbonyl (C=O) groups excluding carboxylic acids is 1. The Morgan fingerprint density at radius 3 is 2.36 bits per heavy atom. The van der Waals surface area contributed by atoms with Crippen LogP contribution in [0.15, 0.2) is 59.5 Å². The van der Waals surface area contributed by atoms with Crippen LogP contribution in [-0.2, 0) is 11.2 Å². The maximum absolute atomic E-state index is 13.7. The van der Waals surface area contributed by atoms with E-state index >= 15 is 0 Å². The van der Waals surface area contributed by atoms with Crippen molar-refractivity contribution in [2.24, 2.45) is 0 Å². The number of benzene rings is 2. The van der Waals surface area contributed by atoms with Crippen LogP contribution in [0, 0.1) is 0 Å². The van der Waals surface area contributed by atoms with E-state index in [1.165, 1.54) is 23.9 Å². The second-order valence-electron chi connectivity index (χ2n) is 10.1. The number of hydrogen-bond acceptors (Lipinski definition) is 6. The average Bonchev–Trinajstić information content (AvgIpc) is 2.97. The first kappa shape index (κ1) is 27.5. The second kappa shape index (κ2) is 12.9. The molecule has 1 amide bonds. The van der Waals surface area contributed by atoms with Crippen molar-refractivity contribution in [1.29, 1.82) is 0 Å². The number of amides is 1. The molecule has 39 heavy (non-hydrogen) atoms. The van der Waals surface area contributed by atoms with Crippen molar-refractivity contribution in [1.82, 2.24) is 19.6 Å². The fourth-order valence-electron chi connectivity index (χ4n) is 5.26. The summed E-state index contributed by atoms with van der Waals surface area (Å²) >= 11 is 12.1. The van der Waals surface area contributed by atoms with E-state index in [9.17, 15) is 9.59 Å². The van der Waals surface area contributed by atoms with E-state index < -0.39 is 0 Å². The lowest BCUT2D eigenvalue weighted by Crippen LogP contribution is -2.49. The van der Waals surface area contributed by atoms with Crippen molar-refractivity contribution in [3.8, 4) is 5.69 Å². The summed E-state index contributed by atoms with van der Waals surface area (Å²) < 4.78 is 1.45. The minimum Gasteiger partial charge on any atom is -0.377 e. The van der Waals surface area contributed by atoms with Gasteiger partial charge in [-0.1, -0.05) is 53.9 Å². The smallest absolute Gasteiger partial charge is 0.296 e. The van der Waals surface area contributed by atoms with Gasteiger partial charge in [0, 0.05) is 39.3 Å². The van der Waals surface area contributed by atoms with Crippen LogP contribution in [-0.4, -0.2) is 77.8 Å². The van der Waals surface area contributed by atoms with Crippen LogP contribution in [0.3, 0.4) is 0 Å². The first-order chi connectivity index (χ1) is 19.0. The lowest BCUT2D eigenvalue weighted by atomic mass is 10.1. The van der Waals surface area contributed by atoms with Crippen LogP contribution >= 0.6 is 23.2 Å². The third kappa shape index (κ3) is 6.75. The van der Waals surface area contributed by atoms with Gasteiger partial charge in [-0.2, -0.15) is 9.78 Å². The fourth-order valence-corrected chi connectivity index (χ4v) is 5.58. The standard InChI is InChI=1S/C29H34Cl2N6O2/c30-24-10-9-22(19-25(24)31)20-27(38)36-17-15-35(16-18-36)26-21-33-37(23-7-3-1-4-8-23)29(39)28(26)32-11-14-34-12-5-2-6-13-34/h1,3-4,7-10,19,21,32H,2,5-6,11-18,20H2. The summed E-state index contributed by atoms with van der Waals surface area (Å²) in [7, 11) is 0. The summed E-state index contributed by atoms with van der Waals surface area (Å²) in [6.07, 6.45) is 5.80. The van der Waals surface area contributed by atoms with Crippen molar-refractivity contribution < 1.29 is 4.79 Å². The summed E-state index contributed by atoms with van der Waals surface area (Å²) in [5.41, 5.74) is 2.73. The molecule has 8 nitrogen and oxygen atoms in total. The van der Waals surface area contributed by atoms with E-state index in [4.69, 9.17) is 23.2 Å².